The highest BCUT2D eigenvalue weighted by Crippen LogP contribution is 2.14. The van der Waals surface area contributed by atoms with Crippen molar-refractivity contribution in [2.45, 2.75) is 38.6 Å². The minimum atomic E-state index is -0.0119. The van der Waals surface area contributed by atoms with Crippen molar-refractivity contribution in [3.05, 3.63) is 0 Å². The summed E-state index contributed by atoms with van der Waals surface area (Å²) >= 11 is 0. The lowest BCUT2D eigenvalue weighted by atomic mass is 10.2. The molecule has 0 aromatic heterocycles. The van der Waals surface area contributed by atoms with Crippen LogP contribution in [0.5, 0.6) is 0 Å². The number of hydrogen-bond donors (Lipinski definition) is 2. The summed E-state index contributed by atoms with van der Waals surface area (Å²) in [6.45, 7) is 3.48. The van der Waals surface area contributed by atoms with E-state index in [1.165, 1.54) is 6.42 Å². The van der Waals surface area contributed by atoms with Crippen LogP contribution >= 0.6 is 0 Å². The monoisotopic (exact) mass is 174 g/mol. The number of nitrogens with one attached hydrogen (secondary N) is 1. The number of ether oxygens (including phenoxy) is 2. The summed E-state index contributed by atoms with van der Waals surface area (Å²) < 4.78 is 11.0. The van der Waals surface area contributed by atoms with Crippen LogP contribution in [0.4, 0.5) is 0 Å². The Morgan fingerprint density at radius 1 is 1.67 bits per heavy atom. The molecule has 0 aromatic carbocycles. The molecule has 1 rings (SSSR count). The number of hydrazine groups is 1. The Kier molecular flexibility index (Phi) is 4.53. The fraction of sp³-hybridized carbons (Fsp3) is 1.00. The van der Waals surface area contributed by atoms with E-state index in [1.807, 2.05) is 6.92 Å². The smallest absolute Gasteiger partial charge is 0.157 e. The molecule has 2 atom stereocenters. The third-order valence-electron chi connectivity index (χ3n) is 1.93. The van der Waals surface area contributed by atoms with E-state index >= 15 is 0 Å². The third kappa shape index (κ3) is 3.49. The van der Waals surface area contributed by atoms with Crippen LogP contribution in [-0.2, 0) is 9.47 Å². The van der Waals surface area contributed by atoms with Crippen molar-refractivity contribution in [2.75, 3.05) is 13.2 Å². The van der Waals surface area contributed by atoms with Crippen LogP contribution in [0.25, 0.3) is 0 Å². The summed E-state index contributed by atoms with van der Waals surface area (Å²) in [6, 6.07) is 0. The topological polar surface area (TPSA) is 56.5 Å². The van der Waals surface area contributed by atoms with Crippen LogP contribution in [0.3, 0.4) is 0 Å². The second kappa shape index (κ2) is 5.48. The van der Waals surface area contributed by atoms with Crippen molar-refractivity contribution in [2.24, 2.45) is 5.84 Å². The van der Waals surface area contributed by atoms with Gasteiger partial charge in [0.1, 0.15) is 0 Å². The van der Waals surface area contributed by atoms with Crippen LogP contribution in [0.1, 0.15) is 26.2 Å². The van der Waals surface area contributed by atoms with E-state index in [0.29, 0.717) is 6.54 Å². The van der Waals surface area contributed by atoms with Crippen molar-refractivity contribution in [1.82, 2.24) is 5.43 Å². The maximum atomic E-state index is 5.57. The molecule has 3 N–H and O–H groups in total. The van der Waals surface area contributed by atoms with E-state index in [4.69, 9.17) is 15.3 Å². The molecule has 1 fully saturated rings. The summed E-state index contributed by atoms with van der Waals surface area (Å²) in [6.07, 6.45) is 3.48. The van der Waals surface area contributed by atoms with Crippen molar-refractivity contribution in [1.29, 1.82) is 0 Å². The average molecular weight is 174 g/mol. The molecule has 1 aliphatic rings. The first-order valence-electron chi connectivity index (χ1n) is 4.53. The summed E-state index contributed by atoms with van der Waals surface area (Å²) in [5.74, 6) is 5.16. The summed E-state index contributed by atoms with van der Waals surface area (Å²) in [4.78, 5) is 0. The molecular formula is C8H18N2O2. The first kappa shape index (κ1) is 9.92. The van der Waals surface area contributed by atoms with Gasteiger partial charge in [0.05, 0.1) is 6.10 Å². The van der Waals surface area contributed by atoms with E-state index in [0.717, 1.165) is 19.4 Å². The SMILES string of the molecule is CC(CNN)OC1CCCCO1. The lowest BCUT2D eigenvalue weighted by molar-refractivity contribution is -0.183. The van der Waals surface area contributed by atoms with E-state index in [2.05, 4.69) is 5.43 Å². The van der Waals surface area contributed by atoms with Gasteiger partial charge in [0.25, 0.3) is 0 Å². The molecule has 0 aromatic rings. The Balaban J connectivity index is 2.11. The summed E-state index contributed by atoms with van der Waals surface area (Å²) in [5.41, 5.74) is 2.58. The largest absolute Gasteiger partial charge is 0.353 e. The Morgan fingerprint density at radius 3 is 3.08 bits per heavy atom. The zero-order valence-corrected chi connectivity index (χ0v) is 7.58. The number of nitrogens with two attached hydrogens (primary N) is 1. The zero-order valence-electron chi connectivity index (χ0n) is 7.58. The Labute approximate surface area is 73.4 Å². The molecular weight excluding hydrogens is 156 g/mol. The highest BCUT2D eigenvalue weighted by atomic mass is 16.7. The Morgan fingerprint density at radius 2 is 2.50 bits per heavy atom. The fourth-order valence-corrected chi connectivity index (χ4v) is 1.29. The number of hydrogen-bond acceptors (Lipinski definition) is 4. The predicted octanol–water partition coefficient (Wildman–Crippen LogP) is 0.381. The van der Waals surface area contributed by atoms with Crippen LogP contribution < -0.4 is 11.3 Å². The molecule has 0 spiro atoms. The quantitative estimate of drug-likeness (QED) is 0.478. The molecule has 1 heterocycles. The maximum absolute atomic E-state index is 5.57. The van der Waals surface area contributed by atoms with Gasteiger partial charge in [0.2, 0.25) is 0 Å². The van der Waals surface area contributed by atoms with Crippen molar-refractivity contribution in [3.8, 4) is 0 Å². The highest BCUT2D eigenvalue weighted by Gasteiger charge is 2.16. The van der Waals surface area contributed by atoms with Gasteiger partial charge in [-0.1, -0.05) is 0 Å². The van der Waals surface area contributed by atoms with Gasteiger partial charge in [-0.25, -0.2) is 0 Å². The summed E-state index contributed by atoms with van der Waals surface area (Å²) in [5, 5.41) is 0. The maximum Gasteiger partial charge on any atom is 0.157 e. The van der Waals surface area contributed by atoms with Gasteiger partial charge in [-0.2, -0.15) is 0 Å². The average Bonchev–Trinajstić information content (AvgIpc) is 2.06. The first-order chi connectivity index (χ1) is 5.83. The van der Waals surface area contributed by atoms with Gasteiger partial charge in [0.15, 0.2) is 6.29 Å². The Hall–Kier alpha value is -0.160. The normalized spacial score (nSPS) is 27.0. The fourth-order valence-electron chi connectivity index (χ4n) is 1.29. The highest BCUT2D eigenvalue weighted by molar-refractivity contribution is 4.58. The van der Waals surface area contributed by atoms with Gasteiger partial charge in [-0.15, -0.1) is 0 Å². The third-order valence-corrected chi connectivity index (χ3v) is 1.93. The van der Waals surface area contributed by atoms with Crippen LogP contribution in [0.2, 0.25) is 0 Å². The lowest BCUT2D eigenvalue weighted by Gasteiger charge is -2.25. The van der Waals surface area contributed by atoms with Gasteiger partial charge >= 0.3 is 0 Å². The van der Waals surface area contributed by atoms with Crippen molar-refractivity contribution >= 4 is 0 Å². The van der Waals surface area contributed by atoms with E-state index in [9.17, 15) is 0 Å². The molecule has 72 valence electrons. The molecule has 0 radical (unpaired) electrons. The molecule has 1 aliphatic heterocycles. The molecule has 12 heavy (non-hydrogen) atoms. The molecule has 4 heteroatoms. The minimum absolute atomic E-state index is 0.0119. The molecule has 0 bridgehead atoms. The van der Waals surface area contributed by atoms with E-state index < -0.39 is 0 Å². The van der Waals surface area contributed by atoms with Gasteiger partial charge in [0, 0.05) is 13.2 Å². The van der Waals surface area contributed by atoms with Crippen molar-refractivity contribution in [3.63, 3.8) is 0 Å². The number of rotatable bonds is 4. The van der Waals surface area contributed by atoms with E-state index in [1.54, 1.807) is 0 Å². The lowest BCUT2D eigenvalue weighted by Crippen LogP contribution is -2.35. The van der Waals surface area contributed by atoms with E-state index in [-0.39, 0.29) is 12.4 Å². The second-order valence-electron chi connectivity index (χ2n) is 3.15. The van der Waals surface area contributed by atoms with Gasteiger partial charge in [-0.05, 0) is 26.2 Å². The van der Waals surface area contributed by atoms with Gasteiger partial charge in [-0.3, -0.25) is 11.3 Å². The van der Waals surface area contributed by atoms with Crippen LogP contribution in [-0.4, -0.2) is 25.5 Å². The zero-order chi connectivity index (χ0) is 8.81. The summed E-state index contributed by atoms with van der Waals surface area (Å²) in [7, 11) is 0. The van der Waals surface area contributed by atoms with Crippen LogP contribution in [0, 0.1) is 0 Å². The first-order valence-corrected chi connectivity index (χ1v) is 4.53. The standard InChI is InChI=1S/C8H18N2O2/c1-7(6-10-9)12-8-4-2-3-5-11-8/h7-8,10H,2-6,9H2,1H3. The van der Waals surface area contributed by atoms with Gasteiger partial charge < -0.3 is 9.47 Å². The molecule has 0 saturated carbocycles. The molecule has 4 nitrogen and oxygen atoms in total. The van der Waals surface area contributed by atoms with Crippen LogP contribution in [0.15, 0.2) is 0 Å². The molecule has 1 saturated heterocycles. The minimum Gasteiger partial charge on any atom is -0.353 e. The molecule has 2 unspecified atom stereocenters. The second-order valence-corrected chi connectivity index (χ2v) is 3.15. The molecule has 0 aliphatic carbocycles. The van der Waals surface area contributed by atoms with Crippen molar-refractivity contribution < 1.29 is 9.47 Å². The Bertz CT molecular complexity index is 116. The molecule has 0 amide bonds. The predicted molar refractivity (Wildman–Crippen MR) is 46.3 cm³/mol.